The molecular formula is C5H8NOY-. The van der Waals surface area contributed by atoms with Crippen LogP contribution in [0.2, 0.25) is 0 Å². The van der Waals surface area contributed by atoms with E-state index in [1.54, 1.807) is 6.07 Å². The van der Waals surface area contributed by atoms with Gasteiger partial charge in [0.1, 0.15) is 0 Å². The average Bonchev–Trinajstić information content (AvgIpc) is 2.23. The van der Waals surface area contributed by atoms with Gasteiger partial charge in [0.05, 0.1) is 0 Å². The van der Waals surface area contributed by atoms with E-state index in [0.717, 1.165) is 0 Å². The first-order chi connectivity index (χ1) is 3.50. The van der Waals surface area contributed by atoms with Gasteiger partial charge >= 0.3 is 0 Å². The third kappa shape index (κ3) is 6.31. The van der Waals surface area contributed by atoms with Crippen LogP contribution in [0.15, 0.2) is 16.8 Å². The monoisotopic (exact) mass is 187 g/mol. The van der Waals surface area contributed by atoms with Crippen LogP contribution in [-0.2, 0) is 32.7 Å². The normalized spacial score (nSPS) is 5.75. The van der Waals surface area contributed by atoms with Gasteiger partial charge in [0.15, 0.2) is 0 Å². The van der Waals surface area contributed by atoms with Crippen molar-refractivity contribution < 1.29 is 37.2 Å². The van der Waals surface area contributed by atoms with E-state index in [-0.39, 0.29) is 32.7 Å². The molecule has 0 aliphatic rings. The van der Waals surface area contributed by atoms with E-state index in [0.29, 0.717) is 0 Å². The summed E-state index contributed by atoms with van der Waals surface area (Å²) in [5.74, 6) is 0. The van der Waals surface area contributed by atoms with Crippen molar-refractivity contribution in [1.82, 2.24) is 5.16 Å². The molecule has 1 aromatic rings. The second-order valence-corrected chi connectivity index (χ2v) is 0.630. The zero-order valence-corrected chi connectivity index (χ0v) is 7.93. The van der Waals surface area contributed by atoms with E-state index >= 15 is 0 Å². The minimum absolute atomic E-state index is 0. The van der Waals surface area contributed by atoms with Gasteiger partial charge < -0.3 is 4.52 Å². The van der Waals surface area contributed by atoms with Crippen LogP contribution in [0.3, 0.4) is 0 Å². The van der Waals surface area contributed by atoms with Crippen molar-refractivity contribution in [2.45, 2.75) is 13.8 Å². The summed E-state index contributed by atoms with van der Waals surface area (Å²) in [7, 11) is 0. The molecule has 2 nitrogen and oxygen atoms in total. The van der Waals surface area contributed by atoms with Crippen LogP contribution >= 0.6 is 0 Å². The SMILES string of the molecule is CC.[Y].[c-]1ccno1. The molecule has 0 unspecified atom stereocenters. The molecule has 43 valence electrons. The van der Waals surface area contributed by atoms with E-state index in [1.165, 1.54) is 6.20 Å². The fraction of sp³-hybridized carbons (Fsp3) is 0.400. The van der Waals surface area contributed by atoms with Gasteiger partial charge in [-0.3, -0.25) is 0 Å². The minimum Gasteiger partial charge on any atom is -0.480 e. The van der Waals surface area contributed by atoms with Crippen LogP contribution in [-0.4, -0.2) is 5.16 Å². The predicted molar refractivity (Wildman–Crippen MR) is 26.7 cm³/mol. The summed E-state index contributed by atoms with van der Waals surface area (Å²) in [5.41, 5.74) is 0. The second kappa shape index (κ2) is 10.3. The molecule has 1 rings (SSSR count). The van der Waals surface area contributed by atoms with Crippen molar-refractivity contribution in [3.8, 4) is 0 Å². The van der Waals surface area contributed by atoms with Crippen LogP contribution in [0.1, 0.15) is 13.8 Å². The molecule has 0 saturated heterocycles. The third-order valence-electron chi connectivity index (χ3n) is 0.309. The zero-order valence-electron chi connectivity index (χ0n) is 5.09. The van der Waals surface area contributed by atoms with Crippen LogP contribution in [0.4, 0.5) is 0 Å². The van der Waals surface area contributed by atoms with Gasteiger partial charge in [-0.25, -0.2) is 5.16 Å². The maximum absolute atomic E-state index is 4.21. The fourth-order valence-corrected chi connectivity index (χ4v) is 0.152. The van der Waals surface area contributed by atoms with Gasteiger partial charge in [-0.2, -0.15) is 6.07 Å². The first-order valence-electron chi connectivity index (χ1n) is 2.27. The van der Waals surface area contributed by atoms with Crippen molar-refractivity contribution in [2.75, 3.05) is 0 Å². The molecule has 0 N–H and O–H groups in total. The molecule has 0 aliphatic carbocycles. The molecule has 0 saturated carbocycles. The molecule has 0 aliphatic heterocycles. The molecule has 3 heteroatoms. The molecule has 0 spiro atoms. The third-order valence-corrected chi connectivity index (χ3v) is 0.309. The molecule has 0 atom stereocenters. The van der Waals surface area contributed by atoms with Crippen LogP contribution in [0.5, 0.6) is 0 Å². The maximum atomic E-state index is 4.21. The minimum atomic E-state index is 0. The molecule has 8 heavy (non-hydrogen) atoms. The van der Waals surface area contributed by atoms with Crippen LogP contribution in [0.25, 0.3) is 0 Å². The Morgan fingerprint density at radius 3 is 2.25 bits per heavy atom. The number of rotatable bonds is 0. The standard InChI is InChI=1S/C3H2NO.C2H6.Y/c1-2-4-5-3-1;1-2;/h1-2H;1-2H3;/q-1;;. The van der Waals surface area contributed by atoms with Crippen LogP contribution < -0.4 is 0 Å². The van der Waals surface area contributed by atoms with Gasteiger partial charge in [0.2, 0.25) is 0 Å². The van der Waals surface area contributed by atoms with E-state index < -0.39 is 0 Å². The molecule has 1 heterocycles. The summed E-state index contributed by atoms with van der Waals surface area (Å²) in [4.78, 5) is 0. The first kappa shape index (κ1) is 11.2. The Labute approximate surface area is 74.5 Å². The van der Waals surface area contributed by atoms with Crippen molar-refractivity contribution in [3.05, 3.63) is 18.5 Å². The van der Waals surface area contributed by atoms with Gasteiger partial charge in [0, 0.05) is 32.7 Å². The molecule has 0 aromatic carbocycles. The number of nitrogens with zero attached hydrogens (tertiary/aromatic N) is 1. The van der Waals surface area contributed by atoms with Gasteiger partial charge in [0.25, 0.3) is 0 Å². The average molecular weight is 187 g/mol. The van der Waals surface area contributed by atoms with E-state index in [9.17, 15) is 0 Å². The van der Waals surface area contributed by atoms with Gasteiger partial charge in [-0.1, -0.05) is 20.0 Å². The summed E-state index contributed by atoms with van der Waals surface area (Å²) in [6, 6.07) is 1.60. The predicted octanol–water partition coefficient (Wildman–Crippen LogP) is 1.50. The smallest absolute Gasteiger partial charge is 0 e. The van der Waals surface area contributed by atoms with E-state index in [4.69, 9.17) is 0 Å². The van der Waals surface area contributed by atoms with E-state index in [2.05, 4.69) is 15.9 Å². The summed E-state index contributed by atoms with van der Waals surface area (Å²) >= 11 is 0. The molecule has 0 amide bonds. The van der Waals surface area contributed by atoms with Crippen molar-refractivity contribution in [2.24, 2.45) is 0 Å². The summed E-state index contributed by atoms with van der Waals surface area (Å²) < 4.78 is 4.21. The first-order valence-corrected chi connectivity index (χ1v) is 2.27. The van der Waals surface area contributed by atoms with Crippen molar-refractivity contribution in [3.63, 3.8) is 0 Å². The van der Waals surface area contributed by atoms with Crippen molar-refractivity contribution in [1.29, 1.82) is 0 Å². The molecule has 1 aromatic heterocycles. The number of hydrogen-bond donors (Lipinski definition) is 0. The van der Waals surface area contributed by atoms with Crippen LogP contribution in [0, 0.1) is 6.26 Å². The Morgan fingerprint density at radius 1 is 1.50 bits per heavy atom. The summed E-state index contributed by atoms with van der Waals surface area (Å²) in [6.07, 6.45) is 3.90. The largest absolute Gasteiger partial charge is 0.480 e. The van der Waals surface area contributed by atoms with Gasteiger partial charge in [-0.15, -0.1) is 0 Å². The zero-order chi connectivity index (χ0) is 5.54. The topological polar surface area (TPSA) is 26.0 Å². The molecule has 0 fully saturated rings. The van der Waals surface area contributed by atoms with E-state index in [1.807, 2.05) is 13.8 Å². The summed E-state index contributed by atoms with van der Waals surface area (Å²) in [6.45, 7) is 4.00. The second-order valence-electron chi connectivity index (χ2n) is 0.630. The van der Waals surface area contributed by atoms with Crippen molar-refractivity contribution >= 4 is 0 Å². The fourth-order valence-electron chi connectivity index (χ4n) is 0.152. The Kier molecular flexibility index (Phi) is 14.4. The maximum Gasteiger partial charge on any atom is 0 e. The van der Waals surface area contributed by atoms with Gasteiger partial charge in [-0.05, 0) is 6.26 Å². The quantitative estimate of drug-likeness (QED) is 0.575. The number of hydrogen-bond acceptors (Lipinski definition) is 2. The summed E-state index contributed by atoms with van der Waals surface area (Å²) in [5, 5.41) is 3.29. The Hall–Kier alpha value is 0.314. The molecule has 1 radical (unpaired) electrons. The Balaban J connectivity index is 0. The Bertz CT molecular complexity index is 68.9. The number of aromatic nitrogens is 1. The molecular weight excluding hydrogens is 179 g/mol. The molecule has 0 bridgehead atoms. The Morgan fingerprint density at radius 2 is 2.12 bits per heavy atom.